The number of benzene rings is 1. The monoisotopic (exact) mass is 320 g/mol. The summed E-state index contributed by atoms with van der Waals surface area (Å²) in [6, 6.07) is 3.44. The lowest BCUT2D eigenvalue weighted by atomic mass is 10.1. The molecule has 0 heterocycles. The number of halogens is 2. The highest BCUT2D eigenvalue weighted by Crippen LogP contribution is 2.32. The highest BCUT2D eigenvalue weighted by molar-refractivity contribution is 9.10. The first-order valence-corrected chi connectivity index (χ1v) is 6.81. The molecule has 96 valence electrons. The summed E-state index contributed by atoms with van der Waals surface area (Å²) in [5.41, 5.74) is 7.15. The zero-order chi connectivity index (χ0) is 13.0. The molecule has 1 unspecified atom stereocenters. The van der Waals surface area contributed by atoms with E-state index in [2.05, 4.69) is 34.7 Å². The molecule has 5 heteroatoms. The number of nitrogen functional groups attached to an aromatic ring is 1. The van der Waals surface area contributed by atoms with Crippen LogP contribution in [0.4, 0.5) is 5.69 Å². The molecule has 0 fully saturated rings. The fourth-order valence-corrected chi connectivity index (χ4v) is 2.54. The van der Waals surface area contributed by atoms with E-state index in [1.54, 1.807) is 12.1 Å². The van der Waals surface area contributed by atoms with Crippen LogP contribution in [0.25, 0.3) is 0 Å². The van der Waals surface area contributed by atoms with Crippen molar-refractivity contribution in [3.05, 3.63) is 27.2 Å². The van der Waals surface area contributed by atoms with Gasteiger partial charge in [-0.15, -0.1) is 0 Å². The zero-order valence-electron chi connectivity index (χ0n) is 10.1. The molecule has 0 aliphatic rings. The Bertz CT molecular complexity index is 383. The van der Waals surface area contributed by atoms with Crippen molar-refractivity contribution in [1.82, 2.24) is 4.90 Å². The molecule has 3 N–H and O–H groups in total. The Kier molecular flexibility index (Phi) is 5.73. The van der Waals surface area contributed by atoms with Gasteiger partial charge in [0.15, 0.2) is 0 Å². The van der Waals surface area contributed by atoms with E-state index < -0.39 is 6.10 Å². The minimum absolute atomic E-state index is 0.550. The Labute approximate surface area is 116 Å². The van der Waals surface area contributed by atoms with Crippen LogP contribution >= 0.6 is 27.5 Å². The van der Waals surface area contributed by atoms with Gasteiger partial charge in [-0.25, -0.2) is 0 Å². The summed E-state index contributed by atoms with van der Waals surface area (Å²) in [4.78, 5) is 2.14. The van der Waals surface area contributed by atoms with E-state index in [1.165, 1.54) is 0 Å². The second kappa shape index (κ2) is 6.59. The van der Waals surface area contributed by atoms with Crippen LogP contribution in [0.2, 0.25) is 5.02 Å². The Balaban J connectivity index is 2.92. The SMILES string of the molecule is CCN(CC)CC(O)c1cc(Cl)cc(Br)c1N. The molecule has 1 aromatic rings. The summed E-state index contributed by atoms with van der Waals surface area (Å²) in [6.45, 7) is 6.48. The first-order valence-electron chi connectivity index (χ1n) is 5.64. The number of nitrogens with two attached hydrogens (primary N) is 1. The molecular formula is C12H18BrClN2O. The van der Waals surface area contributed by atoms with Gasteiger partial charge in [0.25, 0.3) is 0 Å². The number of nitrogens with zero attached hydrogens (tertiary/aromatic N) is 1. The zero-order valence-corrected chi connectivity index (χ0v) is 12.4. The number of hydrogen-bond donors (Lipinski definition) is 2. The fraction of sp³-hybridized carbons (Fsp3) is 0.500. The molecule has 0 saturated carbocycles. The number of likely N-dealkylation sites (N-methyl/N-ethyl adjacent to an activating group) is 1. The summed E-state index contributed by atoms with van der Waals surface area (Å²) >= 11 is 9.29. The quantitative estimate of drug-likeness (QED) is 0.820. The van der Waals surface area contributed by atoms with Gasteiger partial charge < -0.3 is 15.7 Å². The third-order valence-electron chi connectivity index (χ3n) is 2.81. The lowest BCUT2D eigenvalue weighted by Gasteiger charge is -2.23. The van der Waals surface area contributed by atoms with Crippen molar-refractivity contribution >= 4 is 33.2 Å². The Morgan fingerprint density at radius 1 is 1.41 bits per heavy atom. The van der Waals surface area contributed by atoms with Crippen LogP contribution in [0.15, 0.2) is 16.6 Å². The van der Waals surface area contributed by atoms with Crippen LogP contribution in [-0.4, -0.2) is 29.6 Å². The van der Waals surface area contributed by atoms with E-state index in [1.807, 2.05) is 0 Å². The Hall–Kier alpha value is -0.290. The molecule has 0 aliphatic heterocycles. The molecule has 1 atom stereocenters. The largest absolute Gasteiger partial charge is 0.398 e. The number of aliphatic hydroxyl groups excluding tert-OH is 1. The smallest absolute Gasteiger partial charge is 0.0937 e. The van der Waals surface area contributed by atoms with Gasteiger partial charge >= 0.3 is 0 Å². The van der Waals surface area contributed by atoms with E-state index >= 15 is 0 Å². The van der Waals surface area contributed by atoms with Crippen LogP contribution < -0.4 is 5.73 Å². The molecule has 0 aliphatic carbocycles. The van der Waals surface area contributed by atoms with Crippen molar-refractivity contribution < 1.29 is 5.11 Å². The number of hydrogen-bond acceptors (Lipinski definition) is 3. The number of anilines is 1. The van der Waals surface area contributed by atoms with Crippen molar-refractivity contribution in [2.45, 2.75) is 20.0 Å². The van der Waals surface area contributed by atoms with Crippen LogP contribution in [0.5, 0.6) is 0 Å². The predicted molar refractivity (Wildman–Crippen MR) is 76.3 cm³/mol. The molecule has 0 spiro atoms. The molecule has 0 aromatic heterocycles. The van der Waals surface area contributed by atoms with Crippen molar-refractivity contribution in [2.75, 3.05) is 25.4 Å². The minimum atomic E-state index is -0.620. The molecule has 0 saturated heterocycles. The maximum absolute atomic E-state index is 10.2. The normalized spacial score (nSPS) is 13.1. The van der Waals surface area contributed by atoms with Crippen molar-refractivity contribution in [3.8, 4) is 0 Å². The van der Waals surface area contributed by atoms with E-state index in [0.29, 0.717) is 22.8 Å². The third kappa shape index (κ3) is 3.85. The summed E-state index contributed by atoms with van der Waals surface area (Å²) in [7, 11) is 0. The van der Waals surface area contributed by atoms with Gasteiger partial charge in [0.1, 0.15) is 0 Å². The maximum atomic E-state index is 10.2. The average molecular weight is 322 g/mol. The maximum Gasteiger partial charge on any atom is 0.0937 e. The van der Waals surface area contributed by atoms with E-state index in [9.17, 15) is 5.11 Å². The van der Waals surface area contributed by atoms with Gasteiger partial charge in [-0.2, -0.15) is 0 Å². The molecular weight excluding hydrogens is 304 g/mol. The van der Waals surface area contributed by atoms with Crippen molar-refractivity contribution in [1.29, 1.82) is 0 Å². The van der Waals surface area contributed by atoms with Gasteiger partial charge in [-0.05, 0) is 41.2 Å². The molecule has 0 radical (unpaired) electrons. The summed E-state index contributed by atoms with van der Waals surface area (Å²) in [5, 5.41) is 10.8. The topological polar surface area (TPSA) is 49.5 Å². The lowest BCUT2D eigenvalue weighted by Crippen LogP contribution is -2.28. The van der Waals surface area contributed by atoms with Gasteiger partial charge in [-0.1, -0.05) is 25.4 Å². The standard InChI is InChI=1S/C12H18BrClN2O/c1-3-16(4-2)7-11(17)9-5-8(14)6-10(13)12(9)15/h5-6,11,17H,3-4,7,15H2,1-2H3. The summed E-state index contributed by atoms with van der Waals surface area (Å²) in [5.74, 6) is 0. The van der Waals surface area contributed by atoms with Gasteiger partial charge in [0, 0.05) is 21.6 Å². The second-order valence-corrected chi connectivity index (χ2v) is 5.18. The van der Waals surface area contributed by atoms with E-state index in [4.69, 9.17) is 17.3 Å². The Morgan fingerprint density at radius 2 is 2.00 bits per heavy atom. The molecule has 17 heavy (non-hydrogen) atoms. The predicted octanol–water partition coefficient (Wildman–Crippen LogP) is 3.06. The first-order chi connectivity index (χ1) is 7.99. The van der Waals surface area contributed by atoms with Gasteiger partial charge in [-0.3, -0.25) is 0 Å². The number of rotatable bonds is 5. The van der Waals surface area contributed by atoms with Crippen LogP contribution in [-0.2, 0) is 0 Å². The highest BCUT2D eigenvalue weighted by Gasteiger charge is 2.16. The summed E-state index contributed by atoms with van der Waals surface area (Å²) < 4.78 is 0.721. The summed E-state index contributed by atoms with van der Waals surface area (Å²) in [6.07, 6.45) is -0.620. The third-order valence-corrected chi connectivity index (χ3v) is 3.69. The molecule has 1 rings (SSSR count). The fourth-order valence-electron chi connectivity index (χ4n) is 1.71. The minimum Gasteiger partial charge on any atom is -0.398 e. The second-order valence-electron chi connectivity index (χ2n) is 3.89. The average Bonchev–Trinajstić information content (AvgIpc) is 2.30. The molecule has 1 aromatic carbocycles. The molecule has 3 nitrogen and oxygen atoms in total. The number of aliphatic hydroxyl groups is 1. The van der Waals surface area contributed by atoms with Crippen LogP contribution in [0.1, 0.15) is 25.5 Å². The van der Waals surface area contributed by atoms with Gasteiger partial charge in [0.05, 0.1) is 11.8 Å². The van der Waals surface area contributed by atoms with E-state index in [-0.39, 0.29) is 0 Å². The first kappa shape index (κ1) is 14.8. The molecule has 0 amide bonds. The van der Waals surface area contributed by atoms with Crippen LogP contribution in [0.3, 0.4) is 0 Å². The Morgan fingerprint density at radius 3 is 2.53 bits per heavy atom. The lowest BCUT2D eigenvalue weighted by molar-refractivity contribution is 0.119. The van der Waals surface area contributed by atoms with E-state index in [0.717, 1.165) is 17.6 Å². The van der Waals surface area contributed by atoms with Crippen molar-refractivity contribution in [3.63, 3.8) is 0 Å². The van der Waals surface area contributed by atoms with Gasteiger partial charge in [0.2, 0.25) is 0 Å². The van der Waals surface area contributed by atoms with Crippen LogP contribution in [0, 0.1) is 0 Å². The highest BCUT2D eigenvalue weighted by atomic mass is 79.9. The molecule has 0 bridgehead atoms. The van der Waals surface area contributed by atoms with Crippen molar-refractivity contribution in [2.24, 2.45) is 0 Å².